The van der Waals surface area contributed by atoms with Gasteiger partial charge in [-0.3, -0.25) is 9.89 Å². The Morgan fingerprint density at radius 2 is 2.05 bits per heavy atom. The third kappa shape index (κ3) is 5.10. The van der Waals surface area contributed by atoms with Crippen LogP contribution in [0.15, 0.2) is 30.1 Å². The molecule has 1 saturated heterocycles. The number of imidazole rings is 1. The Bertz CT molecular complexity index is 1290. The number of methoxy groups -OCH3 is 1. The predicted molar refractivity (Wildman–Crippen MR) is 132 cm³/mol. The van der Waals surface area contributed by atoms with E-state index in [1.807, 2.05) is 11.0 Å². The average molecular weight is 516 g/mol. The summed E-state index contributed by atoms with van der Waals surface area (Å²) in [5, 5.41) is 10.1. The molecule has 0 spiro atoms. The Hall–Kier alpha value is -3.67. The SMILES string of the molecule is CCC1=Cc2nc(-c3n[nH]cc3NC(=O)C3CCN(c4ccc(C(F)(F)F)cn4)CC3)[nH]c2CC1OC. The summed E-state index contributed by atoms with van der Waals surface area (Å²) in [5.41, 5.74) is 3.27. The number of aromatic amines is 2. The van der Waals surface area contributed by atoms with Gasteiger partial charge >= 0.3 is 6.18 Å². The van der Waals surface area contributed by atoms with Crippen LogP contribution in [0.4, 0.5) is 24.7 Å². The highest BCUT2D eigenvalue weighted by Gasteiger charge is 2.32. The van der Waals surface area contributed by atoms with Gasteiger partial charge in [0.05, 0.1) is 23.0 Å². The summed E-state index contributed by atoms with van der Waals surface area (Å²) in [6.45, 7) is 3.13. The number of hydrogen-bond acceptors (Lipinski definition) is 6. The van der Waals surface area contributed by atoms with Crippen LogP contribution in [0.25, 0.3) is 17.6 Å². The first-order chi connectivity index (χ1) is 17.8. The number of alkyl halides is 3. The molecule has 37 heavy (non-hydrogen) atoms. The normalized spacial score (nSPS) is 18.5. The van der Waals surface area contributed by atoms with Crippen molar-refractivity contribution in [3.63, 3.8) is 0 Å². The van der Waals surface area contributed by atoms with Crippen LogP contribution >= 0.6 is 0 Å². The fourth-order valence-corrected chi connectivity index (χ4v) is 4.87. The number of nitrogens with one attached hydrogen (secondary N) is 3. The molecule has 3 aromatic rings. The molecule has 0 bridgehead atoms. The summed E-state index contributed by atoms with van der Waals surface area (Å²) in [4.78, 5) is 26.9. The summed E-state index contributed by atoms with van der Waals surface area (Å²) in [6.07, 6.45) is 2.77. The topological polar surface area (TPSA) is 112 Å². The Balaban J connectivity index is 1.22. The molecule has 4 heterocycles. The number of carbonyl (C=O) groups is 1. The van der Waals surface area contributed by atoms with Gasteiger partial charge in [-0.25, -0.2) is 9.97 Å². The van der Waals surface area contributed by atoms with Crippen LogP contribution < -0.4 is 10.2 Å². The van der Waals surface area contributed by atoms with Crippen LogP contribution in [0.5, 0.6) is 0 Å². The van der Waals surface area contributed by atoms with Crippen molar-refractivity contribution in [1.82, 2.24) is 25.1 Å². The molecular weight excluding hydrogens is 487 g/mol. The molecule has 9 nitrogen and oxygen atoms in total. The number of amides is 1. The van der Waals surface area contributed by atoms with E-state index in [0.29, 0.717) is 55.4 Å². The molecule has 3 N–H and O–H groups in total. The van der Waals surface area contributed by atoms with Gasteiger partial charge in [-0.05, 0) is 43.0 Å². The summed E-state index contributed by atoms with van der Waals surface area (Å²) in [7, 11) is 1.70. The number of halogens is 3. The molecule has 0 saturated carbocycles. The minimum Gasteiger partial charge on any atom is -0.377 e. The van der Waals surface area contributed by atoms with Crippen molar-refractivity contribution in [2.75, 3.05) is 30.4 Å². The van der Waals surface area contributed by atoms with Gasteiger partial charge in [0, 0.05) is 50.6 Å². The summed E-state index contributed by atoms with van der Waals surface area (Å²) >= 11 is 0. The van der Waals surface area contributed by atoms with Crippen LogP contribution in [-0.2, 0) is 22.1 Å². The smallest absolute Gasteiger partial charge is 0.377 e. The van der Waals surface area contributed by atoms with Crippen molar-refractivity contribution in [2.24, 2.45) is 5.92 Å². The average Bonchev–Trinajstić information content (AvgIpc) is 3.53. The highest BCUT2D eigenvalue weighted by atomic mass is 19.4. The van der Waals surface area contributed by atoms with Gasteiger partial charge in [0.1, 0.15) is 5.82 Å². The van der Waals surface area contributed by atoms with Crippen molar-refractivity contribution in [3.05, 3.63) is 47.1 Å². The predicted octanol–water partition coefficient (Wildman–Crippen LogP) is 4.43. The van der Waals surface area contributed by atoms with Crippen molar-refractivity contribution < 1.29 is 22.7 Å². The number of piperidine rings is 1. The molecule has 1 aliphatic carbocycles. The molecule has 1 unspecified atom stereocenters. The fraction of sp³-hybridized carbons (Fsp3) is 0.440. The first-order valence-electron chi connectivity index (χ1n) is 12.2. The van der Waals surface area contributed by atoms with Crippen molar-refractivity contribution >= 4 is 23.5 Å². The maximum atomic E-state index is 13.0. The van der Waals surface area contributed by atoms with Gasteiger partial charge in [0.15, 0.2) is 11.5 Å². The maximum absolute atomic E-state index is 13.0. The molecule has 3 aromatic heterocycles. The van der Waals surface area contributed by atoms with Crippen molar-refractivity contribution in [2.45, 2.75) is 44.9 Å². The van der Waals surface area contributed by atoms with Crippen LogP contribution in [0.1, 0.15) is 43.1 Å². The Morgan fingerprint density at radius 1 is 1.27 bits per heavy atom. The second-order valence-corrected chi connectivity index (χ2v) is 9.25. The zero-order valence-electron chi connectivity index (χ0n) is 20.5. The van der Waals surface area contributed by atoms with E-state index >= 15 is 0 Å². The fourth-order valence-electron chi connectivity index (χ4n) is 4.87. The van der Waals surface area contributed by atoms with E-state index in [1.54, 1.807) is 13.3 Å². The molecular formula is C25H28F3N7O2. The summed E-state index contributed by atoms with van der Waals surface area (Å²) < 4.78 is 44.0. The van der Waals surface area contributed by atoms with E-state index in [0.717, 1.165) is 30.1 Å². The van der Waals surface area contributed by atoms with E-state index in [1.165, 1.54) is 11.6 Å². The highest BCUT2D eigenvalue weighted by Crippen LogP contribution is 2.32. The highest BCUT2D eigenvalue weighted by molar-refractivity contribution is 5.95. The maximum Gasteiger partial charge on any atom is 0.417 e. The lowest BCUT2D eigenvalue weighted by Gasteiger charge is -2.32. The number of H-pyrrole nitrogens is 2. The molecule has 1 amide bonds. The largest absolute Gasteiger partial charge is 0.417 e. The van der Waals surface area contributed by atoms with E-state index in [4.69, 9.17) is 9.72 Å². The number of aromatic nitrogens is 5. The molecule has 12 heteroatoms. The minimum absolute atomic E-state index is 0.00722. The number of pyridine rings is 1. The van der Waals surface area contributed by atoms with Gasteiger partial charge in [-0.1, -0.05) is 6.92 Å². The number of hydrogen-bond donors (Lipinski definition) is 3. The quantitative estimate of drug-likeness (QED) is 0.448. The number of carbonyl (C=O) groups excluding carboxylic acids is 1. The number of rotatable bonds is 6. The number of anilines is 2. The van der Waals surface area contributed by atoms with Gasteiger partial charge in [0.2, 0.25) is 5.91 Å². The standard InChI is InChI=1S/C25H28F3N7O2/c1-3-14-10-17-18(11-20(14)37-2)32-23(31-17)22-19(13-30-34-22)33-24(36)15-6-8-35(9-7-15)21-5-4-16(12-29-21)25(26,27)28/h4-5,10,12-13,15,20H,3,6-9,11H2,1-2H3,(H,30,34)(H,31,32)(H,33,36). The number of nitrogens with zero attached hydrogens (tertiary/aromatic N) is 4. The summed E-state index contributed by atoms with van der Waals surface area (Å²) in [5.74, 6) is 0.664. The third-order valence-electron chi connectivity index (χ3n) is 7.02. The molecule has 0 radical (unpaired) electrons. The van der Waals surface area contributed by atoms with E-state index in [-0.39, 0.29) is 17.9 Å². The minimum atomic E-state index is -4.42. The Kier molecular flexibility index (Phi) is 6.76. The van der Waals surface area contributed by atoms with Gasteiger partial charge in [-0.15, -0.1) is 0 Å². The number of ether oxygens (including phenoxy) is 1. The molecule has 1 aliphatic heterocycles. The zero-order valence-corrected chi connectivity index (χ0v) is 20.5. The molecule has 5 rings (SSSR count). The lowest BCUT2D eigenvalue weighted by atomic mass is 9.95. The summed E-state index contributed by atoms with van der Waals surface area (Å²) in [6, 6.07) is 2.40. The van der Waals surface area contributed by atoms with Gasteiger partial charge in [0.25, 0.3) is 0 Å². The first-order valence-corrected chi connectivity index (χ1v) is 12.2. The second kappa shape index (κ2) is 10.0. The van der Waals surface area contributed by atoms with E-state index in [2.05, 4.69) is 32.4 Å². The van der Waals surface area contributed by atoms with Crippen molar-refractivity contribution in [3.8, 4) is 11.5 Å². The van der Waals surface area contributed by atoms with Gasteiger partial charge in [-0.2, -0.15) is 18.3 Å². The Morgan fingerprint density at radius 3 is 2.70 bits per heavy atom. The molecule has 196 valence electrons. The van der Waals surface area contributed by atoms with E-state index < -0.39 is 11.7 Å². The van der Waals surface area contributed by atoms with Crippen LogP contribution in [0.2, 0.25) is 0 Å². The monoisotopic (exact) mass is 515 g/mol. The zero-order chi connectivity index (χ0) is 26.2. The van der Waals surface area contributed by atoms with Crippen molar-refractivity contribution in [1.29, 1.82) is 0 Å². The lowest BCUT2D eigenvalue weighted by Crippen LogP contribution is -2.38. The molecule has 1 atom stereocenters. The number of fused-ring (bicyclic) bond motifs is 1. The first kappa shape index (κ1) is 25.0. The third-order valence-corrected chi connectivity index (χ3v) is 7.02. The lowest BCUT2D eigenvalue weighted by molar-refractivity contribution is -0.137. The van der Waals surface area contributed by atoms with Crippen LogP contribution in [-0.4, -0.2) is 57.4 Å². The van der Waals surface area contributed by atoms with Crippen LogP contribution in [0, 0.1) is 5.92 Å². The molecule has 0 aromatic carbocycles. The van der Waals surface area contributed by atoms with Crippen LogP contribution in [0.3, 0.4) is 0 Å². The van der Waals surface area contributed by atoms with E-state index in [9.17, 15) is 18.0 Å². The second-order valence-electron chi connectivity index (χ2n) is 9.25. The molecule has 1 fully saturated rings. The molecule has 2 aliphatic rings. The Labute approximate surface area is 211 Å². The van der Waals surface area contributed by atoms with Gasteiger partial charge < -0.3 is 19.9 Å².